The largest absolute Gasteiger partial charge is 0.497 e. The van der Waals surface area contributed by atoms with Gasteiger partial charge in [-0.1, -0.05) is 13.8 Å². The number of nitrogens with zero attached hydrogens (tertiary/aromatic N) is 1. The second-order valence-corrected chi connectivity index (χ2v) is 6.81. The number of amides is 2. The summed E-state index contributed by atoms with van der Waals surface area (Å²) in [5.74, 6) is 0.489. The van der Waals surface area contributed by atoms with Gasteiger partial charge in [-0.05, 0) is 50.1 Å². The Bertz CT molecular complexity index is 584. The minimum absolute atomic E-state index is 0. The number of likely N-dealkylation sites (tertiary alicyclic amines) is 1. The molecule has 1 saturated heterocycles. The molecule has 1 atom stereocenters. The number of methoxy groups -OCH3 is 1. The summed E-state index contributed by atoms with van der Waals surface area (Å²) >= 11 is 0. The van der Waals surface area contributed by atoms with Crippen LogP contribution in [0.1, 0.15) is 37.0 Å². The highest BCUT2D eigenvalue weighted by Gasteiger charge is 2.31. The van der Waals surface area contributed by atoms with Gasteiger partial charge in [0, 0.05) is 24.7 Å². The number of ether oxygens (including phenoxy) is 1. The van der Waals surface area contributed by atoms with Gasteiger partial charge in [0.1, 0.15) is 11.8 Å². The third-order valence-electron chi connectivity index (χ3n) is 4.79. The summed E-state index contributed by atoms with van der Waals surface area (Å²) in [7, 11) is 3.54. The van der Waals surface area contributed by atoms with Gasteiger partial charge < -0.3 is 20.3 Å². The van der Waals surface area contributed by atoms with Crippen molar-refractivity contribution in [2.24, 2.45) is 5.92 Å². The van der Waals surface area contributed by atoms with Gasteiger partial charge in [-0.3, -0.25) is 9.59 Å². The molecule has 0 saturated carbocycles. The molecule has 1 aromatic carbocycles. The van der Waals surface area contributed by atoms with Gasteiger partial charge in [0.05, 0.1) is 7.11 Å². The molecular formula is C19H30ClN3O3. The van der Waals surface area contributed by atoms with Crippen LogP contribution in [0, 0.1) is 5.92 Å². The first-order valence-electron chi connectivity index (χ1n) is 8.87. The van der Waals surface area contributed by atoms with E-state index < -0.39 is 6.04 Å². The summed E-state index contributed by atoms with van der Waals surface area (Å²) < 4.78 is 5.11. The van der Waals surface area contributed by atoms with Crippen molar-refractivity contribution in [3.05, 3.63) is 29.8 Å². The molecule has 1 aliphatic rings. The Kier molecular flexibility index (Phi) is 8.88. The van der Waals surface area contributed by atoms with Gasteiger partial charge in [0.15, 0.2) is 0 Å². The Labute approximate surface area is 162 Å². The maximum absolute atomic E-state index is 12.9. The van der Waals surface area contributed by atoms with Crippen LogP contribution in [0.15, 0.2) is 24.3 Å². The monoisotopic (exact) mass is 383 g/mol. The van der Waals surface area contributed by atoms with E-state index in [1.807, 2.05) is 25.8 Å². The zero-order chi connectivity index (χ0) is 18.4. The predicted octanol–water partition coefficient (Wildman–Crippen LogP) is 2.08. The van der Waals surface area contributed by atoms with Crippen LogP contribution in [0.2, 0.25) is 0 Å². The number of halogens is 1. The molecule has 1 fully saturated rings. The number of piperidine rings is 1. The van der Waals surface area contributed by atoms with Gasteiger partial charge in [-0.2, -0.15) is 0 Å². The van der Waals surface area contributed by atoms with Gasteiger partial charge in [0.2, 0.25) is 5.91 Å². The molecule has 1 aromatic rings. The molecular weight excluding hydrogens is 354 g/mol. The Morgan fingerprint density at radius 2 is 1.73 bits per heavy atom. The van der Waals surface area contributed by atoms with Crippen molar-refractivity contribution in [2.45, 2.75) is 38.8 Å². The molecule has 0 bridgehead atoms. The third kappa shape index (κ3) is 5.61. The lowest BCUT2D eigenvalue weighted by Gasteiger charge is -2.35. The number of nitrogens with one attached hydrogen (secondary N) is 2. The lowest BCUT2D eigenvalue weighted by atomic mass is 9.99. The van der Waals surface area contributed by atoms with E-state index in [4.69, 9.17) is 4.74 Å². The average molecular weight is 384 g/mol. The lowest BCUT2D eigenvalue weighted by Crippen LogP contribution is -2.54. The molecule has 26 heavy (non-hydrogen) atoms. The lowest BCUT2D eigenvalue weighted by molar-refractivity contribution is -0.135. The first-order chi connectivity index (χ1) is 12.0. The molecule has 0 spiro atoms. The van der Waals surface area contributed by atoms with Crippen LogP contribution in [0.5, 0.6) is 5.75 Å². The number of hydrogen-bond acceptors (Lipinski definition) is 4. The number of hydrogen-bond donors (Lipinski definition) is 2. The van der Waals surface area contributed by atoms with Crippen molar-refractivity contribution in [2.75, 3.05) is 27.2 Å². The molecule has 7 heteroatoms. The fourth-order valence-electron chi connectivity index (χ4n) is 3.07. The normalized spacial score (nSPS) is 16.0. The predicted molar refractivity (Wildman–Crippen MR) is 105 cm³/mol. The van der Waals surface area contributed by atoms with E-state index in [0.717, 1.165) is 25.9 Å². The molecule has 1 aliphatic heterocycles. The van der Waals surface area contributed by atoms with Crippen LogP contribution in [-0.4, -0.2) is 56.0 Å². The van der Waals surface area contributed by atoms with Crippen molar-refractivity contribution in [3.63, 3.8) is 0 Å². The highest BCUT2D eigenvalue weighted by Crippen LogP contribution is 2.16. The minimum atomic E-state index is -0.513. The topological polar surface area (TPSA) is 70.7 Å². The first kappa shape index (κ1) is 22.3. The summed E-state index contributed by atoms with van der Waals surface area (Å²) in [4.78, 5) is 27.3. The van der Waals surface area contributed by atoms with Gasteiger partial charge >= 0.3 is 0 Å². The van der Waals surface area contributed by atoms with Crippen LogP contribution in [-0.2, 0) is 4.79 Å². The van der Waals surface area contributed by atoms with E-state index in [1.165, 1.54) is 0 Å². The quantitative estimate of drug-likeness (QED) is 0.789. The minimum Gasteiger partial charge on any atom is -0.497 e. The molecule has 2 amide bonds. The Hall–Kier alpha value is -1.79. The zero-order valence-electron chi connectivity index (χ0n) is 16.0. The molecule has 1 heterocycles. The van der Waals surface area contributed by atoms with Gasteiger partial charge in [-0.15, -0.1) is 12.4 Å². The second-order valence-electron chi connectivity index (χ2n) is 6.81. The molecule has 2 N–H and O–H groups in total. The number of benzene rings is 1. The van der Waals surface area contributed by atoms with Crippen LogP contribution >= 0.6 is 12.4 Å². The molecule has 0 radical (unpaired) electrons. The molecule has 1 unspecified atom stereocenters. The van der Waals surface area contributed by atoms with Crippen LogP contribution in [0.4, 0.5) is 0 Å². The first-order valence-corrected chi connectivity index (χ1v) is 8.87. The fraction of sp³-hybridized carbons (Fsp3) is 0.579. The standard InChI is InChI=1S/C19H29N3O3.ClH/c1-13(2)17(19(24)22-11-9-15(20-3)10-12-22)21-18(23)14-5-7-16(25-4)8-6-14;/h5-8,13,15,17,20H,9-12H2,1-4H3,(H,21,23);1H. The van der Waals surface area contributed by atoms with E-state index >= 15 is 0 Å². The molecule has 146 valence electrons. The van der Waals surface area contributed by atoms with Crippen LogP contribution in [0.3, 0.4) is 0 Å². The maximum Gasteiger partial charge on any atom is 0.251 e. The van der Waals surface area contributed by atoms with Gasteiger partial charge in [-0.25, -0.2) is 0 Å². The number of carbonyl (C=O) groups excluding carboxylic acids is 2. The Balaban J connectivity index is 0.00000338. The highest BCUT2D eigenvalue weighted by molar-refractivity contribution is 5.97. The number of carbonyl (C=O) groups is 2. The van der Waals surface area contributed by atoms with Crippen molar-refractivity contribution in [1.82, 2.24) is 15.5 Å². The SMILES string of the molecule is CNC1CCN(C(=O)C(NC(=O)c2ccc(OC)cc2)C(C)C)CC1.Cl. The van der Waals surface area contributed by atoms with E-state index in [0.29, 0.717) is 17.4 Å². The number of rotatable bonds is 6. The summed E-state index contributed by atoms with van der Waals surface area (Å²) in [6, 6.07) is 6.84. The zero-order valence-corrected chi connectivity index (χ0v) is 16.8. The fourth-order valence-corrected chi connectivity index (χ4v) is 3.07. The molecule has 6 nitrogen and oxygen atoms in total. The summed E-state index contributed by atoms with van der Waals surface area (Å²) in [6.45, 7) is 5.37. The Morgan fingerprint density at radius 1 is 1.15 bits per heavy atom. The summed E-state index contributed by atoms with van der Waals surface area (Å²) in [5, 5.41) is 6.17. The highest BCUT2D eigenvalue weighted by atomic mass is 35.5. The summed E-state index contributed by atoms with van der Waals surface area (Å²) in [5.41, 5.74) is 0.521. The summed E-state index contributed by atoms with van der Waals surface area (Å²) in [6.07, 6.45) is 1.89. The van der Waals surface area contributed by atoms with E-state index in [-0.39, 0.29) is 30.1 Å². The van der Waals surface area contributed by atoms with Crippen LogP contribution in [0.25, 0.3) is 0 Å². The second kappa shape index (κ2) is 10.4. The Morgan fingerprint density at radius 3 is 2.19 bits per heavy atom. The van der Waals surface area contributed by atoms with E-state index in [9.17, 15) is 9.59 Å². The van der Waals surface area contributed by atoms with E-state index in [1.54, 1.807) is 31.4 Å². The van der Waals surface area contributed by atoms with E-state index in [2.05, 4.69) is 10.6 Å². The maximum atomic E-state index is 12.9. The molecule has 2 rings (SSSR count). The third-order valence-corrected chi connectivity index (χ3v) is 4.79. The smallest absolute Gasteiger partial charge is 0.251 e. The average Bonchev–Trinajstić information content (AvgIpc) is 2.65. The van der Waals surface area contributed by atoms with Gasteiger partial charge in [0.25, 0.3) is 5.91 Å². The van der Waals surface area contributed by atoms with Crippen molar-refractivity contribution in [3.8, 4) is 5.75 Å². The van der Waals surface area contributed by atoms with Crippen LogP contribution < -0.4 is 15.4 Å². The van der Waals surface area contributed by atoms with Crippen molar-refractivity contribution < 1.29 is 14.3 Å². The molecule has 0 aromatic heterocycles. The molecule has 0 aliphatic carbocycles. The van der Waals surface area contributed by atoms with Crippen molar-refractivity contribution in [1.29, 1.82) is 0 Å². The van der Waals surface area contributed by atoms with Crippen molar-refractivity contribution >= 4 is 24.2 Å².